The van der Waals surface area contributed by atoms with E-state index in [4.69, 9.17) is 4.74 Å². The molecule has 0 bridgehead atoms. The minimum absolute atomic E-state index is 0.0193. The van der Waals surface area contributed by atoms with Crippen LogP contribution in [0.4, 0.5) is 4.39 Å². The van der Waals surface area contributed by atoms with E-state index in [1.165, 1.54) is 11.6 Å². The van der Waals surface area contributed by atoms with Crippen molar-refractivity contribution in [1.82, 2.24) is 0 Å². The molecule has 33 heavy (non-hydrogen) atoms. The quantitative estimate of drug-likeness (QED) is 0.410. The van der Waals surface area contributed by atoms with Crippen LogP contribution >= 0.6 is 0 Å². The summed E-state index contributed by atoms with van der Waals surface area (Å²) in [7, 11) is 0. The molecule has 2 fully saturated rings. The Bertz CT molecular complexity index is 967. The van der Waals surface area contributed by atoms with Gasteiger partial charge >= 0.3 is 5.97 Å². The maximum absolute atomic E-state index is 15.4. The van der Waals surface area contributed by atoms with Crippen LogP contribution in [0.2, 0.25) is 0 Å². The summed E-state index contributed by atoms with van der Waals surface area (Å²) >= 11 is 0. The number of alkyl halides is 1. The van der Waals surface area contributed by atoms with Gasteiger partial charge in [-0.15, -0.1) is 0 Å². The molecule has 2 saturated carbocycles. The molecule has 4 rings (SSSR count). The van der Waals surface area contributed by atoms with E-state index < -0.39 is 11.6 Å². The zero-order valence-electron chi connectivity index (χ0n) is 20.7. The maximum Gasteiger partial charge on any atom is 0.306 e. The Balaban J connectivity index is 1.57. The topological polar surface area (TPSA) is 60.4 Å². The van der Waals surface area contributed by atoms with Crippen molar-refractivity contribution >= 4 is 17.5 Å². The van der Waals surface area contributed by atoms with Crippen LogP contribution in [-0.2, 0) is 19.1 Å². The van der Waals surface area contributed by atoms with Crippen molar-refractivity contribution in [2.75, 3.05) is 6.61 Å². The lowest BCUT2D eigenvalue weighted by Gasteiger charge is -2.53. The van der Waals surface area contributed by atoms with Gasteiger partial charge in [0.2, 0.25) is 0 Å². The van der Waals surface area contributed by atoms with Gasteiger partial charge in [-0.05, 0) is 72.5 Å². The molecule has 180 valence electrons. The van der Waals surface area contributed by atoms with Crippen molar-refractivity contribution in [3.63, 3.8) is 0 Å². The van der Waals surface area contributed by atoms with Gasteiger partial charge in [0.05, 0.1) is 6.42 Å². The Hall–Kier alpha value is -2.04. The average molecular weight is 457 g/mol. The van der Waals surface area contributed by atoms with Crippen LogP contribution in [0.5, 0.6) is 0 Å². The Morgan fingerprint density at radius 1 is 1.18 bits per heavy atom. The van der Waals surface area contributed by atoms with Gasteiger partial charge in [-0.3, -0.25) is 14.4 Å². The molecule has 0 radical (unpaired) electrons. The lowest BCUT2D eigenvalue weighted by atomic mass is 9.51. The van der Waals surface area contributed by atoms with Crippen LogP contribution in [0, 0.1) is 39.9 Å². The van der Waals surface area contributed by atoms with Crippen LogP contribution in [0.1, 0.15) is 67.2 Å². The largest absolute Gasteiger partial charge is 0.458 e. The number of allylic oxidation sites excluding steroid dienone is 6. The molecule has 0 aromatic rings. The lowest BCUT2D eigenvalue weighted by Crippen LogP contribution is -2.47. The molecule has 4 nitrogen and oxygen atoms in total. The van der Waals surface area contributed by atoms with Crippen LogP contribution in [0.3, 0.4) is 0 Å². The lowest BCUT2D eigenvalue weighted by molar-refractivity contribution is -0.152. The van der Waals surface area contributed by atoms with E-state index in [1.54, 1.807) is 6.08 Å². The van der Waals surface area contributed by atoms with E-state index >= 15 is 4.39 Å². The predicted octanol–water partition coefficient (Wildman–Crippen LogP) is 5.57. The van der Waals surface area contributed by atoms with Crippen LogP contribution in [0.25, 0.3) is 0 Å². The molecule has 0 saturated heterocycles. The molecule has 0 aromatic heterocycles. The number of Topliss-reactive ketones (excluding diaryl/α,β-unsaturated/α-hetero) is 1. The van der Waals surface area contributed by atoms with Gasteiger partial charge in [0.15, 0.2) is 11.6 Å². The molecule has 0 aromatic carbocycles. The first-order valence-electron chi connectivity index (χ1n) is 12.2. The normalized spacial score (nSPS) is 39.7. The fraction of sp³-hybridized carbons (Fsp3) is 0.679. The van der Waals surface area contributed by atoms with Gasteiger partial charge in [0.1, 0.15) is 12.8 Å². The highest BCUT2D eigenvalue weighted by molar-refractivity contribution is 6.01. The highest BCUT2D eigenvalue weighted by Gasteiger charge is 2.60. The molecule has 5 heteroatoms. The number of ether oxygens (including phenoxy) is 1. The average Bonchev–Trinajstić information content (AvgIpc) is 2.97. The molecule has 4 aliphatic rings. The first kappa shape index (κ1) is 24.1. The first-order valence-corrected chi connectivity index (χ1v) is 12.2. The maximum atomic E-state index is 15.4. The van der Waals surface area contributed by atoms with Gasteiger partial charge in [-0.1, -0.05) is 52.3 Å². The van der Waals surface area contributed by atoms with Gasteiger partial charge in [0, 0.05) is 11.3 Å². The summed E-state index contributed by atoms with van der Waals surface area (Å²) in [5.41, 5.74) is 0.739. The minimum atomic E-state index is -1.16. The minimum Gasteiger partial charge on any atom is -0.458 e. The molecule has 0 heterocycles. The standard InChI is InChI=1S/C28H37FO4/c1-16-11-20-18-13-22(29)21-12-17(30)7-9-27(21,5)19(18)8-10-28(20,6)25(16)23(31)15-33-24(32)14-26(2,3)4/h7-9,12,16,18,20,22,25H,10-11,13-15H2,1-6H3/t16-,18-,20+,22+,25-,27-,28+/m1/s1. The van der Waals surface area contributed by atoms with Crippen molar-refractivity contribution in [2.45, 2.75) is 73.4 Å². The monoisotopic (exact) mass is 456 g/mol. The number of esters is 1. The summed E-state index contributed by atoms with van der Waals surface area (Å²) in [5, 5.41) is 0. The summed E-state index contributed by atoms with van der Waals surface area (Å²) in [6.45, 7) is 12.0. The molecule has 7 atom stereocenters. The first-order chi connectivity index (χ1) is 15.3. The van der Waals surface area contributed by atoms with Gasteiger partial charge in [0.25, 0.3) is 0 Å². The number of hydrogen-bond donors (Lipinski definition) is 0. The predicted molar refractivity (Wildman–Crippen MR) is 125 cm³/mol. The van der Waals surface area contributed by atoms with Gasteiger partial charge < -0.3 is 4.74 Å². The number of ketones is 2. The molecule has 0 spiro atoms. The summed E-state index contributed by atoms with van der Waals surface area (Å²) < 4.78 is 20.8. The van der Waals surface area contributed by atoms with Crippen LogP contribution in [0.15, 0.2) is 35.5 Å². The summed E-state index contributed by atoms with van der Waals surface area (Å²) in [5.74, 6) is -0.341. The Labute approximate surface area is 196 Å². The van der Waals surface area contributed by atoms with Crippen molar-refractivity contribution in [2.24, 2.45) is 39.9 Å². The number of carbonyl (C=O) groups excluding carboxylic acids is 3. The van der Waals surface area contributed by atoms with Crippen molar-refractivity contribution < 1.29 is 23.5 Å². The SMILES string of the molecule is C[C@@H]1C[C@H]2[C@@H]3C[C@H](F)C4=CC(=O)C=C[C@]4(C)C3=CC[C@]2(C)[C@H]1C(=O)COC(=O)CC(C)(C)C. The Morgan fingerprint density at radius 3 is 2.55 bits per heavy atom. The van der Waals surface area contributed by atoms with E-state index in [2.05, 4.69) is 19.9 Å². The van der Waals surface area contributed by atoms with E-state index in [9.17, 15) is 14.4 Å². The molecule has 0 unspecified atom stereocenters. The second-order valence-corrected chi connectivity index (χ2v) is 12.4. The summed E-state index contributed by atoms with van der Waals surface area (Å²) in [6.07, 6.45) is 8.19. The van der Waals surface area contributed by atoms with Gasteiger partial charge in [-0.25, -0.2) is 4.39 Å². The van der Waals surface area contributed by atoms with Crippen molar-refractivity contribution in [3.8, 4) is 0 Å². The second kappa shape index (κ2) is 8.02. The number of halogens is 1. The zero-order valence-corrected chi connectivity index (χ0v) is 20.7. The fourth-order valence-electron chi connectivity index (χ4n) is 7.31. The Kier molecular flexibility index (Phi) is 5.86. The third-order valence-corrected chi connectivity index (χ3v) is 8.67. The number of hydrogen-bond acceptors (Lipinski definition) is 4. The third kappa shape index (κ3) is 4.06. The third-order valence-electron chi connectivity index (χ3n) is 8.67. The second-order valence-electron chi connectivity index (χ2n) is 12.4. The molecule has 4 aliphatic carbocycles. The summed E-state index contributed by atoms with van der Waals surface area (Å²) in [6, 6.07) is 0. The molecule has 0 amide bonds. The van der Waals surface area contributed by atoms with E-state index in [0.717, 1.165) is 12.8 Å². The highest BCUT2D eigenvalue weighted by Crippen LogP contribution is 2.65. The summed E-state index contributed by atoms with van der Waals surface area (Å²) in [4.78, 5) is 37.4. The molecular formula is C28H37FO4. The number of fused-ring (bicyclic) bond motifs is 5. The van der Waals surface area contributed by atoms with Gasteiger partial charge in [-0.2, -0.15) is 0 Å². The van der Waals surface area contributed by atoms with Crippen LogP contribution in [-0.4, -0.2) is 30.3 Å². The molecule has 0 N–H and O–H groups in total. The van der Waals surface area contributed by atoms with E-state index in [0.29, 0.717) is 12.0 Å². The molecule has 0 aliphatic heterocycles. The van der Waals surface area contributed by atoms with E-state index in [-0.39, 0.29) is 65.1 Å². The smallest absolute Gasteiger partial charge is 0.306 e. The van der Waals surface area contributed by atoms with Crippen molar-refractivity contribution in [1.29, 1.82) is 0 Å². The number of rotatable bonds is 4. The Morgan fingerprint density at radius 2 is 1.88 bits per heavy atom. The fourth-order valence-corrected chi connectivity index (χ4v) is 7.31. The van der Waals surface area contributed by atoms with Crippen molar-refractivity contribution in [3.05, 3.63) is 35.5 Å². The molecular weight excluding hydrogens is 419 g/mol. The van der Waals surface area contributed by atoms with Crippen LogP contribution < -0.4 is 0 Å². The highest BCUT2D eigenvalue weighted by atomic mass is 19.1. The van der Waals surface area contributed by atoms with E-state index in [1.807, 2.05) is 33.8 Å². The zero-order chi connectivity index (χ0) is 24.3. The number of carbonyl (C=O) groups is 3.